The highest BCUT2D eigenvalue weighted by Crippen LogP contribution is 2.20. The van der Waals surface area contributed by atoms with Crippen LogP contribution in [-0.2, 0) is 14.8 Å². The summed E-state index contributed by atoms with van der Waals surface area (Å²) in [7, 11) is -3.13. The molecule has 1 aliphatic rings. The molecule has 0 aromatic heterocycles. The monoisotopic (exact) mass is 285 g/mol. The van der Waals surface area contributed by atoms with E-state index in [0.29, 0.717) is 19.3 Å². The number of nitrogens with one attached hydrogen (secondary N) is 1. The highest BCUT2D eigenvalue weighted by atomic mass is 79.9. The van der Waals surface area contributed by atoms with Gasteiger partial charge in [0.05, 0.1) is 12.7 Å². The van der Waals surface area contributed by atoms with Gasteiger partial charge in [0.1, 0.15) is 4.66 Å². The molecule has 0 aliphatic heterocycles. The third kappa shape index (κ3) is 4.72. The van der Waals surface area contributed by atoms with Crippen LogP contribution in [0.25, 0.3) is 0 Å². The Morgan fingerprint density at radius 2 is 2.00 bits per heavy atom. The van der Waals surface area contributed by atoms with Crippen molar-refractivity contribution in [3.63, 3.8) is 0 Å². The SMILES string of the molecule is O=S(=O)(CBr)NCCOC1CCCC1. The van der Waals surface area contributed by atoms with Gasteiger partial charge in [-0.2, -0.15) is 0 Å². The molecule has 0 unspecified atom stereocenters. The number of rotatable bonds is 6. The van der Waals surface area contributed by atoms with Crippen LogP contribution >= 0.6 is 15.9 Å². The lowest BCUT2D eigenvalue weighted by Crippen LogP contribution is -2.29. The minimum absolute atomic E-state index is 0.0522. The van der Waals surface area contributed by atoms with Crippen LogP contribution in [0.1, 0.15) is 25.7 Å². The summed E-state index contributed by atoms with van der Waals surface area (Å²) in [6, 6.07) is 0. The first kappa shape index (κ1) is 12.4. The number of halogens is 1. The zero-order valence-electron chi connectivity index (χ0n) is 8.04. The smallest absolute Gasteiger partial charge is 0.221 e. The number of sulfonamides is 1. The Bertz CT molecular complexity index is 249. The molecule has 0 heterocycles. The minimum atomic E-state index is -3.13. The molecule has 0 aromatic rings. The van der Waals surface area contributed by atoms with Crippen LogP contribution in [0, 0.1) is 0 Å². The highest BCUT2D eigenvalue weighted by molar-refractivity contribution is 9.10. The Morgan fingerprint density at radius 1 is 1.36 bits per heavy atom. The van der Waals surface area contributed by atoms with E-state index in [0.717, 1.165) is 12.8 Å². The van der Waals surface area contributed by atoms with Crippen molar-refractivity contribution in [1.29, 1.82) is 0 Å². The number of hydrogen-bond donors (Lipinski definition) is 1. The average Bonchev–Trinajstić information content (AvgIpc) is 2.65. The number of hydrogen-bond acceptors (Lipinski definition) is 3. The summed E-state index contributed by atoms with van der Waals surface area (Å²) < 4.78 is 29.8. The summed E-state index contributed by atoms with van der Waals surface area (Å²) in [5.74, 6) is 0. The number of alkyl halides is 1. The van der Waals surface area contributed by atoms with Crippen LogP contribution < -0.4 is 4.72 Å². The van der Waals surface area contributed by atoms with E-state index >= 15 is 0 Å². The summed E-state index contributed by atoms with van der Waals surface area (Å²) in [5, 5.41) is 0. The molecule has 1 fully saturated rings. The maximum Gasteiger partial charge on any atom is 0.221 e. The van der Waals surface area contributed by atoms with Gasteiger partial charge in [-0.15, -0.1) is 0 Å². The van der Waals surface area contributed by atoms with Gasteiger partial charge in [0, 0.05) is 6.54 Å². The van der Waals surface area contributed by atoms with Gasteiger partial charge in [0.2, 0.25) is 10.0 Å². The fourth-order valence-corrected chi connectivity index (χ4v) is 2.47. The van der Waals surface area contributed by atoms with Crippen LogP contribution in [0.4, 0.5) is 0 Å². The first-order valence-electron chi connectivity index (χ1n) is 4.79. The van der Waals surface area contributed by atoms with E-state index in [2.05, 4.69) is 20.7 Å². The molecule has 0 amide bonds. The van der Waals surface area contributed by atoms with Crippen molar-refractivity contribution < 1.29 is 13.2 Å². The summed E-state index contributed by atoms with van der Waals surface area (Å²) in [5.41, 5.74) is 0. The van der Waals surface area contributed by atoms with Gasteiger partial charge in [0.15, 0.2) is 0 Å². The first-order chi connectivity index (χ1) is 6.64. The molecule has 0 radical (unpaired) electrons. The van der Waals surface area contributed by atoms with Crippen LogP contribution in [-0.4, -0.2) is 32.3 Å². The average molecular weight is 286 g/mol. The van der Waals surface area contributed by atoms with Crippen molar-refractivity contribution >= 4 is 26.0 Å². The number of ether oxygens (including phenoxy) is 1. The Balaban J connectivity index is 2.04. The summed E-state index contributed by atoms with van der Waals surface area (Å²) in [6.45, 7) is 0.835. The van der Waals surface area contributed by atoms with Crippen molar-refractivity contribution in [1.82, 2.24) is 4.72 Å². The van der Waals surface area contributed by atoms with Crippen LogP contribution in [0.2, 0.25) is 0 Å². The van der Waals surface area contributed by atoms with Crippen LogP contribution in [0.15, 0.2) is 0 Å². The quantitative estimate of drug-likeness (QED) is 0.590. The van der Waals surface area contributed by atoms with Gasteiger partial charge in [-0.1, -0.05) is 28.8 Å². The molecule has 0 bridgehead atoms. The standard InChI is InChI=1S/C8H16BrNO3S/c9-7-14(11,12)10-5-6-13-8-3-1-2-4-8/h8,10H,1-7H2. The van der Waals surface area contributed by atoms with Crippen molar-refractivity contribution in [2.24, 2.45) is 0 Å². The lowest BCUT2D eigenvalue weighted by Gasteiger charge is -2.10. The Kier molecular flexibility index (Phi) is 5.36. The lowest BCUT2D eigenvalue weighted by molar-refractivity contribution is 0.0626. The van der Waals surface area contributed by atoms with E-state index in [9.17, 15) is 8.42 Å². The van der Waals surface area contributed by atoms with Crippen molar-refractivity contribution in [2.75, 3.05) is 17.8 Å². The zero-order valence-corrected chi connectivity index (χ0v) is 10.4. The maximum absolute atomic E-state index is 11.0. The fourth-order valence-electron chi connectivity index (χ4n) is 1.52. The summed E-state index contributed by atoms with van der Waals surface area (Å²) in [4.78, 5) is 0. The van der Waals surface area contributed by atoms with E-state index in [1.54, 1.807) is 0 Å². The van der Waals surface area contributed by atoms with E-state index in [1.807, 2.05) is 0 Å². The molecule has 0 atom stereocenters. The molecular formula is C8H16BrNO3S. The van der Waals surface area contributed by atoms with Gasteiger partial charge in [0.25, 0.3) is 0 Å². The summed E-state index contributed by atoms with van der Waals surface area (Å²) in [6.07, 6.45) is 5.05. The van der Waals surface area contributed by atoms with Gasteiger partial charge < -0.3 is 4.74 Å². The van der Waals surface area contributed by atoms with Crippen molar-refractivity contribution in [3.8, 4) is 0 Å². The largest absolute Gasteiger partial charge is 0.377 e. The van der Waals surface area contributed by atoms with Crippen LogP contribution in [0.3, 0.4) is 0 Å². The predicted molar refractivity (Wildman–Crippen MR) is 58.9 cm³/mol. The minimum Gasteiger partial charge on any atom is -0.377 e. The Hall–Kier alpha value is 0.350. The Morgan fingerprint density at radius 3 is 2.57 bits per heavy atom. The topological polar surface area (TPSA) is 55.4 Å². The first-order valence-corrected chi connectivity index (χ1v) is 7.56. The maximum atomic E-state index is 11.0. The molecule has 1 saturated carbocycles. The van der Waals surface area contributed by atoms with Gasteiger partial charge in [-0.05, 0) is 12.8 Å². The summed E-state index contributed by atoms with van der Waals surface area (Å²) >= 11 is 2.90. The van der Waals surface area contributed by atoms with Crippen molar-refractivity contribution in [3.05, 3.63) is 0 Å². The second kappa shape index (κ2) is 6.05. The highest BCUT2D eigenvalue weighted by Gasteiger charge is 2.15. The van der Waals surface area contributed by atoms with E-state index in [1.165, 1.54) is 12.8 Å². The molecule has 14 heavy (non-hydrogen) atoms. The molecule has 0 spiro atoms. The molecular weight excluding hydrogens is 270 g/mol. The van der Waals surface area contributed by atoms with Gasteiger partial charge >= 0.3 is 0 Å². The predicted octanol–water partition coefficient (Wildman–Crippen LogP) is 1.22. The molecule has 1 N–H and O–H groups in total. The molecule has 1 rings (SSSR count). The molecule has 84 valence electrons. The molecule has 0 aromatic carbocycles. The second-order valence-corrected chi connectivity index (χ2v) is 6.51. The van der Waals surface area contributed by atoms with E-state index in [4.69, 9.17) is 4.74 Å². The molecule has 4 nitrogen and oxygen atoms in total. The Labute approximate surface area is 93.6 Å². The molecule has 1 aliphatic carbocycles. The third-order valence-corrected chi connectivity index (χ3v) is 4.96. The fraction of sp³-hybridized carbons (Fsp3) is 1.00. The third-order valence-electron chi connectivity index (χ3n) is 2.22. The van der Waals surface area contributed by atoms with Gasteiger partial charge in [-0.25, -0.2) is 13.1 Å². The van der Waals surface area contributed by atoms with Crippen molar-refractivity contribution in [2.45, 2.75) is 31.8 Å². The van der Waals surface area contributed by atoms with Gasteiger partial charge in [-0.3, -0.25) is 0 Å². The molecule has 0 saturated heterocycles. The lowest BCUT2D eigenvalue weighted by atomic mass is 10.3. The zero-order chi connectivity index (χ0) is 10.4. The normalized spacial score (nSPS) is 18.9. The van der Waals surface area contributed by atoms with Crippen LogP contribution in [0.5, 0.6) is 0 Å². The van der Waals surface area contributed by atoms with E-state index in [-0.39, 0.29) is 4.66 Å². The molecule has 6 heteroatoms. The second-order valence-electron chi connectivity index (χ2n) is 3.40. The van der Waals surface area contributed by atoms with E-state index < -0.39 is 10.0 Å².